The van der Waals surface area contributed by atoms with Crippen LogP contribution in [0.2, 0.25) is 0 Å². The molecule has 0 unspecified atom stereocenters. The summed E-state index contributed by atoms with van der Waals surface area (Å²) in [6.45, 7) is 1.88. The minimum atomic E-state index is 0.514. The highest BCUT2D eigenvalue weighted by molar-refractivity contribution is 5.79. The van der Waals surface area contributed by atoms with Crippen LogP contribution in [0.5, 0.6) is 5.75 Å². The van der Waals surface area contributed by atoms with E-state index in [0.717, 1.165) is 29.8 Å². The number of nitrogens with zero attached hydrogens (tertiary/aromatic N) is 1. The highest BCUT2D eigenvalue weighted by atomic mass is 16.5. The van der Waals surface area contributed by atoms with Crippen molar-refractivity contribution < 1.29 is 4.74 Å². The first-order valence-electron chi connectivity index (χ1n) is 6.13. The number of nitrogens with one attached hydrogen (secondary N) is 1. The van der Waals surface area contributed by atoms with Crippen LogP contribution in [-0.4, -0.2) is 24.2 Å². The number of benzene rings is 1. The van der Waals surface area contributed by atoms with E-state index in [9.17, 15) is 0 Å². The topological polar surface area (TPSA) is 34.1 Å². The minimum absolute atomic E-state index is 0.514. The van der Waals surface area contributed by atoms with Gasteiger partial charge in [0.1, 0.15) is 12.4 Å². The molecule has 2 aromatic rings. The molecule has 3 nitrogen and oxygen atoms in total. The summed E-state index contributed by atoms with van der Waals surface area (Å²) in [5.41, 5.74) is 1.01. The van der Waals surface area contributed by atoms with Gasteiger partial charge in [-0.15, -0.1) is 0 Å². The lowest BCUT2D eigenvalue weighted by atomic mass is 10.2. The summed E-state index contributed by atoms with van der Waals surface area (Å²) in [5, 5.41) is 4.56. The molecule has 0 aliphatic carbocycles. The quantitative estimate of drug-likeness (QED) is 0.875. The maximum Gasteiger partial charge on any atom is 0.120 e. The van der Waals surface area contributed by atoms with E-state index >= 15 is 0 Å². The Hall–Kier alpha value is -1.61. The van der Waals surface area contributed by atoms with Crippen molar-refractivity contribution in [2.45, 2.75) is 18.9 Å². The fraction of sp³-hybridized carbons (Fsp3) is 0.357. The van der Waals surface area contributed by atoms with Gasteiger partial charge in [0.05, 0.1) is 5.52 Å². The number of ether oxygens (including phenoxy) is 1. The third kappa shape index (κ3) is 2.39. The van der Waals surface area contributed by atoms with Gasteiger partial charge in [-0.25, -0.2) is 0 Å². The van der Waals surface area contributed by atoms with Crippen molar-refractivity contribution in [3.8, 4) is 5.75 Å². The van der Waals surface area contributed by atoms with Crippen LogP contribution in [-0.2, 0) is 0 Å². The molecule has 1 aliphatic heterocycles. The SMILES string of the molecule is c1cnc2ccc(OC[C@@H]3CCCN3)cc2c1. The van der Waals surface area contributed by atoms with Gasteiger partial charge in [0, 0.05) is 17.6 Å². The molecule has 0 amide bonds. The molecular weight excluding hydrogens is 212 g/mol. The summed E-state index contributed by atoms with van der Waals surface area (Å²) in [6.07, 6.45) is 4.29. The number of rotatable bonds is 3. The Morgan fingerprint density at radius 1 is 1.35 bits per heavy atom. The van der Waals surface area contributed by atoms with E-state index in [4.69, 9.17) is 4.74 Å². The normalized spacial score (nSPS) is 19.6. The Kier molecular flexibility index (Phi) is 2.92. The average Bonchev–Trinajstić information content (AvgIpc) is 2.89. The van der Waals surface area contributed by atoms with Gasteiger partial charge in [-0.05, 0) is 43.7 Å². The van der Waals surface area contributed by atoms with Crippen LogP contribution in [0.3, 0.4) is 0 Å². The van der Waals surface area contributed by atoms with Crippen molar-refractivity contribution in [2.75, 3.05) is 13.2 Å². The van der Waals surface area contributed by atoms with Crippen LogP contribution < -0.4 is 10.1 Å². The highest BCUT2D eigenvalue weighted by Crippen LogP contribution is 2.19. The molecule has 0 radical (unpaired) electrons. The van der Waals surface area contributed by atoms with E-state index in [2.05, 4.69) is 22.4 Å². The smallest absolute Gasteiger partial charge is 0.120 e. The van der Waals surface area contributed by atoms with E-state index in [0.29, 0.717) is 6.04 Å². The summed E-state index contributed by atoms with van der Waals surface area (Å²) in [6, 6.07) is 10.6. The summed E-state index contributed by atoms with van der Waals surface area (Å²) in [7, 11) is 0. The third-order valence-corrected chi connectivity index (χ3v) is 3.19. The van der Waals surface area contributed by atoms with Crippen molar-refractivity contribution in [3.63, 3.8) is 0 Å². The molecule has 3 heteroatoms. The van der Waals surface area contributed by atoms with Gasteiger partial charge >= 0.3 is 0 Å². The molecule has 1 N–H and O–H groups in total. The van der Waals surface area contributed by atoms with E-state index in [1.54, 1.807) is 0 Å². The first-order chi connectivity index (χ1) is 8.42. The lowest BCUT2D eigenvalue weighted by Gasteiger charge is -2.12. The molecule has 17 heavy (non-hydrogen) atoms. The summed E-state index contributed by atoms with van der Waals surface area (Å²) in [4.78, 5) is 4.29. The van der Waals surface area contributed by atoms with Gasteiger partial charge < -0.3 is 10.1 Å². The third-order valence-electron chi connectivity index (χ3n) is 3.19. The zero-order chi connectivity index (χ0) is 11.5. The fourth-order valence-electron chi connectivity index (χ4n) is 2.24. The summed E-state index contributed by atoms with van der Waals surface area (Å²) < 4.78 is 5.81. The molecule has 1 aromatic heterocycles. The highest BCUT2D eigenvalue weighted by Gasteiger charge is 2.14. The minimum Gasteiger partial charge on any atom is -0.492 e. The van der Waals surface area contributed by atoms with Gasteiger partial charge in [0.15, 0.2) is 0 Å². The maximum absolute atomic E-state index is 5.81. The molecule has 0 saturated carbocycles. The zero-order valence-electron chi connectivity index (χ0n) is 9.73. The Labute approximate surface area is 101 Å². The zero-order valence-corrected chi connectivity index (χ0v) is 9.73. The molecule has 1 aromatic carbocycles. The number of hydrogen-bond acceptors (Lipinski definition) is 3. The van der Waals surface area contributed by atoms with E-state index in [1.165, 1.54) is 12.8 Å². The lowest BCUT2D eigenvalue weighted by Crippen LogP contribution is -2.28. The maximum atomic E-state index is 5.81. The van der Waals surface area contributed by atoms with Gasteiger partial charge in [0.2, 0.25) is 0 Å². The molecule has 1 atom stereocenters. The van der Waals surface area contributed by atoms with Crippen LogP contribution in [0.1, 0.15) is 12.8 Å². The monoisotopic (exact) mass is 228 g/mol. The molecule has 3 rings (SSSR count). The van der Waals surface area contributed by atoms with Gasteiger partial charge in [-0.2, -0.15) is 0 Å². The molecule has 2 heterocycles. The molecular formula is C14H16N2O. The van der Waals surface area contributed by atoms with Crippen LogP contribution in [0, 0.1) is 0 Å². The van der Waals surface area contributed by atoms with Crippen molar-refractivity contribution in [3.05, 3.63) is 36.5 Å². The van der Waals surface area contributed by atoms with Crippen molar-refractivity contribution >= 4 is 10.9 Å². The summed E-state index contributed by atoms with van der Waals surface area (Å²) >= 11 is 0. The van der Waals surface area contributed by atoms with E-state index < -0.39 is 0 Å². The van der Waals surface area contributed by atoms with Crippen LogP contribution in [0.25, 0.3) is 10.9 Å². The predicted molar refractivity (Wildman–Crippen MR) is 68.3 cm³/mol. The number of aromatic nitrogens is 1. The fourth-order valence-corrected chi connectivity index (χ4v) is 2.24. The van der Waals surface area contributed by atoms with Crippen LogP contribution >= 0.6 is 0 Å². The van der Waals surface area contributed by atoms with Crippen molar-refractivity contribution in [1.82, 2.24) is 10.3 Å². The van der Waals surface area contributed by atoms with Gasteiger partial charge in [-0.3, -0.25) is 4.98 Å². The van der Waals surface area contributed by atoms with Crippen LogP contribution in [0.4, 0.5) is 0 Å². The van der Waals surface area contributed by atoms with Crippen LogP contribution in [0.15, 0.2) is 36.5 Å². The lowest BCUT2D eigenvalue weighted by molar-refractivity contribution is 0.277. The molecule has 0 spiro atoms. The molecule has 1 saturated heterocycles. The summed E-state index contributed by atoms with van der Waals surface area (Å²) in [5.74, 6) is 0.930. The van der Waals surface area contributed by atoms with E-state index in [-0.39, 0.29) is 0 Å². The molecule has 0 bridgehead atoms. The van der Waals surface area contributed by atoms with Gasteiger partial charge in [-0.1, -0.05) is 6.07 Å². The first-order valence-corrected chi connectivity index (χ1v) is 6.13. The standard InChI is InChI=1S/C14H16N2O/c1-3-11-9-13(5-6-14(11)16-8-1)17-10-12-4-2-7-15-12/h1,3,5-6,8-9,12,15H,2,4,7,10H2/t12-/m0/s1. The first kappa shape index (κ1) is 10.5. The number of fused-ring (bicyclic) bond motifs is 1. The Morgan fingerprint density at radius 3 is 3.24 bits per heavy atom. The van der Waals surface area contributed by atoms with Gasteiger partial charge in [0.25, 0.3) is 0 Å². The second-order valence-electron chi connectivity index (χ2n) is 4.46. The number of hydrogen-bond donors (Lipinski definition) is 1. The molecule has 88 valence electrons. The van der Waals surface area contributed by atoms with Crippen molar-refractivity contribution in [2.24, 2.45) is 0 Å². The second kappa shape index (κ2) is 4.72. The Balaban J connectivity index is 1.72. The largest absolute Gasteiger partial charge is 0.492 e. The van der Waals surface area contributed by atoms with Crippen molar-refractivity contribution in [1.29, 1.82) is 0 Å². The predicted octanol–water partition coefficient (Wildman–Crippen LogP) is 2.37. The second-order valence-corrected chi connectivity index (χ2v) is 4.46. The number of pyridine rings is 1. The average molecular weight is 228 g/mol. The molecule has 1 aliphatic rings. The van der Waals surface area contributed by atoms with E-state index in [1.807, 2.05) is 24.4 Å². The Bertz CT molecular complexity index is 506. The molecule has 1 fully saturated rings. The Morgan fingerprint density at radius 2 is 2.35 bits per heavy atom.